The Morgan fingerprint density at radius 2 is 2.04 bits per heavy atom. The lowest BCUT2D eigenvalue weighted by Gasteiger charge is -2.29. The van der Waals surface area contributed by atoms with E-state index in [2.05, 4.69) is 0 Å². The maximum absolute atomic E-state index is 13.7. The molecule has 1 amide bonds. The van der Waals surface area contributed by atoms with Crippen LogP contribution in [0.3, 0.4) is 0 Å². The van der Waals surface area contributed by atoms with Crippen molar-refractivity contribution in [2.75, 3.05) is 12.8 Å². The van der Waals surface area contributed by atoms with Crippen molar-refractivity contribution >= 4 is 29.1 Å². The lowest BCUT2D eigenvalue weighted by atomic mass is 10.0. The van der Waals surface area contributed by atoms with Crippen LogP contribution >= 0.6 is 11.6 Å². The normalized spacial score (nSPS) is 12.7. The van der Waals surface area contributed by atoms with Crippen LogP contribution in [0.15, 0.2) is 12.1 Å². The number of carbonyl (C=O) groups is 1. The number of rotatable bonds is 4. The number of hydrogen-bond acceptors (Lipinski definition) is 4. The molecule has 0 heterocycles. The van der Waals surface area contributed by atoms with Gasteiger partial charge in [-0.05, 0) is 39.8 Å². The zero-order valence-electron chi connectivity index (χ0n) is 14.0. The van der Waals surface area contributed by atoms with E-state index in [-0.39, 0.29) is 34.4 Å². The van der Waals surface area contributed by atoms with Gasteiger partial charge in [0, 0.05) is 30.8 Å². The van der Waals surface area contributed by atoms with Crippen LogP contribution in [0.25, 0.3) is 0 Å². The number of ether oxygens (including phenoxy) is 1. The molecule has 0 fully saturated rings. The first kappa shape index (κ1) is 19.2. The molecule has 1 atom stereocenters. The average molecular weight is 344 g/mol. The molecule has 1 aromatic rings. The highest BCUT2D eigenvalue weighted by Gasteiger charge is 2.24. The van der Waals surface area contributed by atoms with Crippen molar-refractivity contribution < 1.29 is 13.9 Å². The Labute approximate surface area is 141 Å². The fraction of sp³-hybridized carbons (Fsp3) is 0.500. The van der Waals surface area contributed by atoms with Crippen LogP contribution in [0.5, 0.6) is 0 Å². The summed E-state index contributed by atoms with van der Waals surface area (Å²) in [5.74, 6) is -0.734. The van der Waals surface area contributed by atoms with Crippen LogP contribution in [0, 0.1) is 11.2 Å². The maximum atomic E-state index is 13.7. The van der Waals surface area contributed by atoms with Crippen molar-refractivity contribution in [3.8, 4) is 0 Å². The van der Waals surface area contributed by atoms with Crippen LogP contribution in [-0.4, -0.2) is 35.4 Å². The fourth-order valence-electron chi connectivity index (χ4n) is 1.85. The molecule has 0 radical (unpaired) electrons. The topological polar surface area (TPSA) is 79.4 Å². The van der Waals surface area contributed by atoms with Crippen molar-refractivity contribution in [2.24, 2.45) is 0 Å². The Bertz CT molecular complexity index is 614. The minimum Gasteiger partial charge on any atom is -0.444 e. The number of benzene rings is 1. The first-order valence-corrected chi connectivity index (χ1v) is 7.59. The van der Waals surface area contributed by atoms with E-state index in [1.165, 1.54) is 17.0 Å². The number of hydrogen-bond donors (Lipinski definition) is 2. The largest absolute Gasteiger partial charge is 0.444 e. The SMILES string of the molecule is CC(CC(=N)c1ccc(N)c(F)c1Cl)N(C)C(=O)OC(C)(C)C. The molecule has 1 aromatic carbocycles. The quantitative estimate of drug-likeness (QED) is 0.638. The van der Waals surface area contributed by atoms with Gasteiger partial charge in [-0.1, -0.05) is 11.6 Å². The molecule has 0 spiro atoms. The van der Waals surface area contributed by atoms with Gasteiger partial charge in [0.15, 0.2) is 5.82 Å². The molecular weight excluding hydrogens is 321 g/mol. The van der Waals surface area contributed by atoms with Crippen molar-refractivity contribution in [1.29, 1.82) is 5.41 Å². The van der Waals surface area contributed by atoms with E-state index < -0.39 is 17.5 Å². The smallest absolute Gasteiger partial charge is 0.410 e. The molecule has 7 heteroatoms. The van der Waals surface area contributed by atoms with E-state index in [0.29, 0.717) is 0 Å². The second-order valence-electron chi connectivity index (χ2n) is 6.45. The molecule has 0 saturated heterocycles. The monoisotopic (exact) mass is 343 g/mol. The summed E-state index contributed by atoms with van der Waals surface area (Å²) in [4.78, 5) is 13.4. The molecule has 23 heavy (non-hydrogen) atoms. The van der Waals surface area contributed by atoms with E-state index in [1.54, 1.807) is 34.7 Å². The summed E-state index contributed by atoms with van der Waals surface area (Å²) in [5.41, 5.74) is 5.17. The van der Waals surface area contributed by atoms with Crippen LogP contribution in [0.2, 0.25) is 5.02 Å². The number of nitrogen functional groups attached to an aromatic ring is 1. The second-order valence-corrected chi connectivity index (χ2v) is 6.83. The number of halogens is 2. The van der Waals surface area contributed by atoms with Gasteiger partial charge in [0.05, 0.1) is 10.7 Å². The number of nitrogens with zero attached hydrogens (tertiary/aromatic N) is 1. The highest BCUT2D eigenvalue weighted by Crippen LogP contribution is 2.26. The molecule has 3 N–H and O–H groups in total. The third-order valence-electron chi connectivity index (χ3n) is 3.28. The van der Waals surface area contributed by atoms with Crippen LogP contribution in [0.4, 0.5) is 14.9 Å². The lowest BCUT2D eigenvalue weighted by molar-refractivity contribution is 0.0241. The number of amides is 1. The zero-order chi connectivity index (χ0) is 17.9. The molecule has 1 rings (SSSR count). The van der Waals surface area contributed by atoms with Crippen LogP contribution in [-0.2, 0) is 4.74 Å². The van der Waals surface area contributed by atoms with Crippen LogP contribution < -0.4 is 5.73 Å². The first-order valence-electron chi connectivity index (χ1n) is 7.21. The van der Waals surface area contributed by atoms with E-state index in [1.807, 2.05) is 0 Å². The van der Waals surface area contributed by atoms with E-state index in [4.69, 9.17) is 27.5 Å². The highest BCUT2D eigenvalue weighted by atomic mass is 35.5. The summed E-state index contributed by atoms with van der Waals surface area (Å²) < 4.78 is 19.0. The van der Waals surface area contributed by atoms with Gasteiger partial charge < -0.3 is 20.8 Å². The van der Waals surface area contributed by atoms with Gasteiger partial charge in [-0.3, -0.25) is 0 Å². The Morgan fingerprint density at radius 3 is 2.57 bits per heavy atom. The molecule has 1 unspecified atom stereocenters. The molecule has 0 aliphatic heterocycles. The summed E-state index contributed by atoms with van der Waals surface area (Å²) in [6.07, 6.45) is -0.272. The molecule has 0 aliphatic rings. The Morgan fingerprint density at radius 1 is 1.48 bits per heavy atom. The third kappa shape index (κ3) is 5.10. The van der Waals surface area contributed by atoms with Gasteiger partial charge in [-0.15, -0.1) is 0 Å². The third-order valence-corrected chi connectivity index (χ3v) is 3.65. The zero-order valence-corrected chi connectivity index (χ0v) is 14.8. The van der Waals surface area contributed by atoms with E-state index in [9.17, 15) is 9.18 Å². The summed E-state index contributed by atoms with van der Waals surface area (Å²) in [5, 5.41) is 7.93. The molecule has 5 nitrogen and oxygen atoms in total. The van der Waals surface area contributed by atoms with Gasteiger partial charge in [0.2, 0.25) is 0 Å². The Hall–Kier alpha value is -1.82. The van der Waals surface area contributed by atoms with Gasteiger partial charge >= 0.3 is 6.09 Å². The highest BCUT2D eigenvalue weighted by molar-refractivity contribution is 6.34. The number of nitrogens with one attached hydrogen (secondary N) is 1. The van der Waals surface area contributed by atoms with Gasteiger partial charge in [-0.25, -0.2) is 9.18 Å². The second kappa shape index (κ2) is 7.17. The number of anilines is 1. The van der Waals surface area contributed by atoms with Crippen molar-refractivity contribution in [1.82, 2.24) is 4.90 Å². The van der Waals surface area contributed by atoms with E-state index in [0.717, 1.165) is 0 Å². The van der Waals surface area contributed by atoms with E-state index >= 15 is 0 Å². The molecular formula is C16H23ClFN3O2. The summed E-state index contributed by atoms with van der Waals surface area (Å²) in [7, 11) is 1.59. The van der Waals surface area contributed by atoms with Crippen molar-refractivity contribution in [2.45, 2.75) is 45.8 Å². The van der Waals surface area contributed by atoms with Gasteiger partial charge in [0.25, 0.3) is 0 Å². The standard InChI is InChI=1S/C16H23ClFN3O2/c1-9(21(5)15(22)23-16(2,3)4)8-12(20)10-6-7-11(19)14(18)13(10)17/h6-7,9,20H,8,19H2,1-5H3. The fourth-order valence-corrected chi connectivity index (χ4v) is 2.14. The summed E-state index contributed by atoms with van der Waals surface area (Å²) in [6, 6.07) is 2.56. The molecule has 128 valence electrons. The lowest BCUT2D eigenvalue weighted by Crippen LogP contribution is -2.40. The Balaban J connectivity index is 2.81. The predicted octanol–water partition coefficient (Wildman–Crippen LogP) is 4.07. The molecule has 0 saturated carbocycles. The van der Waals surface area contributed by atoms with Crippen molar-refractivity contribution in [3.63, 3.8) is 0 Å². The molecule has 0 bridgehead atoms. The van der Waals surface area contributed by atoms with Crippen molar-refractivity contribution in [3.05, 3.63) is 28.5 Å². The molecule has 0 aromatic heterocycles. The Kier molecular flexibility index (Phi) is 5.99. The minimum absolute atomic E-state index is 0.0644. The first-order chi connectivity index (χ1) is 10.4. The summed E-state index contributed by atoms with van der Waals surface area (Å²) >= 11 is 5.90. The number of nitrogens with two attached hydrogens (primary N) is 1. The number of carbonyl (C=O) groups excluding carboxylic acids is 1. The van der Waals surface area contributed by atoms with Gasteiger partial charge in [0.1, 0.15) is 5.60 Å². The average Bonchev–Trinajstić information content (AvgIpc) is 2.41. The summed E-state index contributed by atoms with van der Waals surface area (Å²) in [6.45, 7) is 7.12. The van der Waals surface area contributed by atoms with Gasteiger partial charge in [-0.2, -0.15) is 0 Å². The maximum Gasteiger partial charge on any atom is 0.410 e. The minimum atomic E-state index is -0.734. The molecule has 0 aliphatic carbocycles. The predicted molar refractivity (Wildman–Crippen MR) is 90.7 cm³/mol. The van der Waals surface area contributed by atoms with Crippen LogP contribution in [0.1, 0.15) is 39.7 Å².